The van der Waals surface area contributed by atoms with Crippen LogP contribution in [0.15, 0.2) is 24.5 Å². The molecule has 1 heterocycles. The molecule has 3 nitrogen and oxygen atoms in total. The van der Waals surface area contributed by atoms with Gasteiger partial charge in [0.1, 0.15) is 5.82 Å². The highest BCUT2D eigenvalue weighted by Gasteiger charge is 2.10. The fourth-order valence-electron chi connectivity index (χ4n) is 1.46. The number of hydrogen-bond acceptors (Lipinski definition) is 2. The minimum Gasteiger partial charge on any atom is -0.397 e. The summed E-state index contributed by atoms with van der Waals surface area (Å²) in [7, 11) is 0. The fraction of sp³-hybridized carbons (Fsp3) is 0.182. The molecule has 0 aliphatic rings. The second-order valence-electron chi connectivity index (χ2n) is 3.44. The first-order valence-electron chi connectivity index (χ1n) is 4.89. The lowest BCUT2D eigenvalue weighted by Crippen LogP contribution is -1.92. The van der Waals surface area contributed by atoms with Crippen molar-refractivity contribution >= 4 is 17.3 Å². The molecule has 16 heavy (non-hydrogen) atoms. The predicted octanol–water partition coefficient (Wildman–Crippen LogP) is 2.94. The average Bonchev–Trinajstić information content (AvgIpc) is 2.71. The zero-order valence-corrected chi connectivity index (χ0v) is 9.50. The van der Waals surface area contributed by atoms with Crippen molar-refractivity contribution in [1.29, 1.82) is 0 Å². The van der Waals surface area contributed by atoms with Crippen LogP contribution in [-0.4, -0.2) is 9.78 Å². The molecule has 0 fully saturated rings. The van der Waals surface area contributed by atoms with E-state index in [1.807, 2.05) is 6.92 Å². The maximum absolute atomic E-state index is 13.7. The molecule has 5 heteroatoms. The highest BCUT2D eigenvalue weighted by atomic mass is 35.5. The third-order valence-corrected chi connectivity index (χ3v) is 2.68. The Morgan fingerprint density at radius 2 is 2.25 bits per heavy atom. The molecule has 0 atom stereocenters. The molecule has 0 aliphatic heterocycles. The molecule has 0 aliphatic carbocycles. The minimum atomic E-state index is -0.391. The molecule has 0 saturated carbocycles. The van der Waals surface area contributed by atoms with Crippen LogP contribution in [0.5, 0.6) is 0 Å². The van der Waals surface area contributed by atoms with Crippen LogP contribution in [-0.2, 0) is 6.54 Å². The molecule has 0 amide bonds. The van der Waals surface area contributed by atoms with Gasteiger partial charge in [-0.05, 0) is 19.1 Å². The van der Waals surface area contributed by atoms with E-state index in [0.717, 1.165) is 6.54 Å². The van der Waals surface area contributed by atoms with E-state index in [1.165, 1.54) is 12.1 Å². The van der Waals surface area contributed by atoms with Crippen molar-refractivity contribution < 1.29 is 4.39 Å². The number of hydrogen-bond donors (Lipinski definition) is 1. The van der Waals surface area contributed by atoms with Crippen LogP contribution >= 0.6 is 11.6 Å². The number of nitrogen functional groups attached to an aromatic ring is 1. The largest absolute Gasteiger partial charge is 0.397 e. The molecular weight excluding hydrogens is 229 g/mol. The Morgan fingerprint density at radius 1 is 1.50 bits per heavy atom. The fourth-order valence-corrected chi connectivity index (χ4v) is 1.62. The van der Waals surface area contributed by atoms with Crippen molar-refractivity contribution in [2.45, 2.75) is 13.5 Å². The maximum atomic E-state index is 13.7. The lowest BCUT2D eigenvalue weighted by Gasteiger charge is -2.03. The summed E-state index contributed by atoms with van der Waals surface area (Å²) in [5, 5.41) is 4.43. The molecule has 2 N–H and O–H groups in total. The first-order valence-corrected chi connectivity index (χ1v) is 5.27. The van der Waals surface area contributed by atoms with Gasteiger partial charge in [0.25, 0.3) is 0 Å². The molecule has 2 aromatic rings. The zero-order valence-electron chi connectivity index (χ0n) is 8.74. The Kier molecular flexibility index (Phi) is 2.83. The number of anilines is 1. The number of nitrogens with zero attached hydrogens (tertiary/aromatic N) is 2. The summed E-state index contributed by atoms with van der Waals surface area (Å²) in [5.74, 6) is -0.391. The Balaban J connectivity index is 2.51. The molecule has 0 spiro atoms. The van der Waals surface area contributed by atoms with Gasteiger partial charge in [0, 0.05) is 23.9 Å². The van der Waals surface area contributed by atoms with Crippen molar-refractivity contribution in [3.63, 3.8) is 0 Å². The molecule has 0 unspecified atom stereocenters. The van der Waals surface area contributed by atoms with Crippen LogP contribution < -0.4 is 5.73 Å². The first-order chi connectivity index (χ1) is 7.61. The van der Waals surface area contributed by atoms with Crippen molar-refractivity contribution in [1.82, 2.24) is 9.78 Å². The minimum absolute atomic E-state index is 0.241. The van der Waals surface area contributed by atoms with Crippen LogP contribution in [0.3, 0.4) is 0 Å². The molecule has 1 aromatic heterocycles. The lowest BCUT2D eigenvalue weighted by molar-refractivity contribution is 0.632. The van der Waals surface area contributed by atoms with Crippen molar-refractivity contribution in [2.24, 2.45) is 0 Å². The van der Waals surface area contributed by atoms with Gasteiger partial charge in [0.05, 0.1) is 16.9 Å². The Bertz CT molecular complexity index is 522. The Labute approximate surface area is 97.6 Å². The van der Waals surface area contributed by atoms with E-state index in [-0.39, 0.29) is 5.69 Å². The van der Waals surface area contributed by atoms with E-state index in [4.69, 9.17) is 17.3 Å². The van der Waals surface area contributed by atoms with E-state index in [1.54, 1.807) is 17.1 Å². The number of halogens is 2. The molecule has 84 valence electrons. The summed E-state index contributed by atoms with van der Waals surface area (Å²) in [6.45, 7) is 2.70. The Hall–Kier alpha value is -1.55. The SMILES string of the molecule is CCn1cc(-c2cc(Cl)c(N)cc2F)cn1. The van der Waals surface area contributed by atoms with Crippen LogP contribution in [0.1, 0.15) is 6.92 Å². The van der Waals surface area contributed by atoms with Crippen LogP contribution in [0.4, 0.5) is 10.1 Å². The molecule has 0 bridgehead atoms. The van der Waals surface area contributed by atoms with Crippen LogP contribution in [0.25, 0.3) is 11.1 Å². The third-order valence-electron chi connectivity index (χ3n) is 2.35. The van der Waals surface area contributed by atoms with Crippen LogP contribution in [0.2, 0.25) is 5.02 Å². The van der Waals surface area contributed by atoms with Gasteiger partial charge in [-0.25, -0.2) is 4.39 Å². The second kappa shape index (κ2) is 4.14. The number of aromatic nitrogens is 2. The van der Waals surface area contributed by atoms with E-state index >= 15 is 0 Å². The molecule has 1 aromatic carbocycles. The summed E-state index contributed by atoms with van der Waals surface area (Å²) in [5.41, 5.74) is 6.86. The highest BCUT2D eigenvalue weighted by molar-refractivity contribution is 6.33. The van der Waals surface area contributed by atoms with E-state index in [9.17, 15) is 4.39 Å². The smallest absolute Gasteiger partial charge is 0.133 e. The van der Waals surface area contributed by atoms with Gasteiger partial charge in [-0.2, -0.15) is 5.10 Å². The Morgan fingerprint density at radius 3 is 2.88 bits per heavy atom. The molecule has 0 radical (unpaired) electrons. The molecular formula is C11H11ClFN3. The van der Waals surface area contributed by atoms with Crippen molar-refractivity contribution in [3.05, 3.63) is 35.4 Å². The van der Waals surface area contributed by atoms with Gasteiger partial charge in [-0.1, -0.05) is 11.6 Å². The zero-order chi connectivity index (χ0) is 11.7. The monoisotopic (exact) mass is 239 g/mol. The molecule has 0 saturated heterocycles. The van der Waals surface area contributed by atoms with Gasteiger partial charge in [-0.3, -0.25) is 4.68 Å². The topological polar surface area (TPSA) is 43.8 Å². The van der Waals surface area contributed by atoms with Crippen molar-refractivity contribution in [3.8, 4) is 11.1 Å². The predicted molar refractivity (Wildman–Crippen MR) is 62.7 cm³/mol. The summed E-state index contributed by atoms with van der Waals surface area (Å²) in [6, 6.07) is 2.74. The first kappa shape index (κ1) is 11.0. The van der Waals surface area contributed by atoms with Gasteiger partial charge in [0.15, 0.2) is 0 Å². The van der Waals surface area contributed by atoms with Gasteiger partial charge in [0.2, 0.25) is 0 Å². The van der Waals surface area contributed by atoms with Crippen LogP contribution in [0, 0.1) is 5.82 Å². The number of rotatable bonds is 2. The lowest BCUT2D eigenvalue weighted by atomic mass is 10.1. The average molecular weight is 240 g/mol. The summed E-state index contributed by atoms with van der Waals surface area (Å²) >= 11 is 5.86. The van der Waals surface area contributed by atoms with E-state index in [0.29, 0.717) is 16.1 Å². The second-order valence-corrected chi connectivity index (χ2v) is 3.85. The maximum Gasteiger partial charge on any atom is 0.133 e. The van der Waals surface area contributed by atoms with Gasteiger partial charge in [-0.15, -0.1) is 0 Å². The number of aryl methyl sites for hydroxylation is 1. The number of nitrogens with two attached hydrogens (primary N) is 1. The summed E-state index contributed by atoms with van der Waals surface area (Å²) in [6.07, 6.45) is 3.37. The molecule has 2 rings (SSSR count). The van der Waals surface area contributed by atoms with E-state index < -0.39 is 5.82 Å². The van der Waals surface area contributed by atoms with Gasteiger partial charge < -0.3 is 5.73 Å². The highest BCUT2D eigenvalue weighted by Crippen LogP contribution is 2.29. The summed E-state index contributed by atoms with van der Waals surface area (Å²) in [4.78, 5) is 0. The normalized spacial score (nSPS) is 10.7. The van der Waals surface area contributed by atoms with Gasteiger partial charge >= 0.3 is 0 Å². The quantitative estimate of drug-likeness (QED) is 0.819. The van der Waals surface area contributed by atoms with Crippen molar-refractivity contribution in [2.75, 3.05) is 5.73 Å². The standard InChI is InChI=1S/C11H11ClFN3/c1-2-16-6-7(5-15-16)8-3-9(12)11(14)4-10(8)13/h3-6H,2,14H2,1H3. The van der Waals surface area contributed by atoms with E-state index in [2.05, 4.69) is 5.10 Å². The number of benzene rings is 1. The summed E-state index contributed by atoms with van der Waals surface area (Å²) < 4.78 is 15.4. The third kappa shape index (κ3) is 1.88.